The van der Waals surface area contributed by atoms with E-state index in [1.807, 2.05) is 30.3 Å². The second-order valence-electron chi connectivity index (χ2n) is 9.00. The molecule has 3 unspecified atom stereocenters. The lowest BCUT2D eigenvalue weighted by molar-refractivity contribution is 0.0106. The van der Waals surface area contributed by atoms with Crippen LogP contribution in [0.5, 0.6) is 0 Å². The number of aliphatic hydroxyl groups excluding tert-OH is 1. The Bertz CT molecular complexity index is 1180. The van der Waals surface area contributed by atoms with Crippen molar-refractivity contribution in [2.75, 3.05) is 13.1 Å². The second-order valence-corrected chi connectivity index (χ2v) is 9.00. The third-order valence-corrected chi connectivity index (χ3v) is 6.73. The predicted molar refractivity (Wildman–Crippen MR) is 142 cm³/mol. The van der Waals surface area contributed by atoms with Crippen LogP contribution in [0.4, 0.5) is 0 Å². The van der Waals surface area contributed by atoms with E-state index < -0.39 is 6.10 Å². The second kappa shape index (κ2) is 11.6. The van der Waals surface area contributed by atoms with Gasteiger partial charge in [0, 0.05) is 18.9 Å². The molecule has 3 atom stereocenters. The maximum atomic E-state index is 10.6. The van der Waals surface area contributed by atoms with E-state index in [9.17, 15) is 5.11 Å². The van der Waals surface area contributed by atoms with Crippen molar-refractivity contribution in [2.24, 2.45) is 0 Å². The van der Waals surface area contributed by atoms with Gasteiger partial charge in [0.15, 0.2) is 0 Å². The largest absolute Gasteiger partial charge is 0.388 e. The van der Waals surface area contributed by atoms with Crippen LogP contribution >= 0.6 is 12.4 Å². The third-order valence-electron chi connectivity index (χ3n) is 6.73. The van der Waals surface area contributed by atoms with Crippen molar-refractivity contribution in [1.82, 2.24) is 5.32 Å². The Labute approximate surface area is 208 Å². The van der Waals surface area contributed by atoms with E-state index in [1.54, 1.807) is 0 Å². The minimum atomic E-state index is -0.478. The molecule has 5 rings (SSSR count). The third kappa shape index (κ3) is 5.86. The highest BCUT2D eigenvalue weighted by Crippen LogP contribution is 2.30. The van der Waals surface area contributed by atoms with Crippen molar-refractivity contribution >= 4 is 23.2 Å². The van der Waals surface area contributed by atoms with E-state index in [4.69, 9.17) is 4.74 Å². The molecule has 2 N–H and O–H groups in total. The van der Waals surface area contributed by atoms with Crippen LogP contribution in [0.3, 0.4) is 0 Å². The van der Waals surface area contributed by atoms with E-state index in [0.29, 0.717) is 18.9 Å². The molecule has 4 heteroatoms. The molecule has 0 aliphatic carbocycles. The summed E-state index contributed by atoms with van der Waals surface area (Å²) in [5.74, 6) is 0.375. The lowest BCUT2D eigenvalue weighted by Gasteiger charge is -2.32. The Morgan fingerprint density at radius 3 is 2.32 bits per heavy atom. The van der Waals surface area contributed by atoms with Gasteiger partial charge in [0.1, 0.15) is 0 Å². The molecule has 4 aromatic carbocycles. The van der Waals surface area contributed by atoms with Gasteiger partial charge in [-0.1, -0.05) is 91.0 Å². The highest BCUT2D eigenvalue weighted by Gasteiger charge is 2.27. The average molecular weight is 474 g/mol. The van der Waals surface area contributed by atoms with Gasteiger partial charge in [0.25, 0.3) is 0 Å². The van der Waals surface area contributed by atoms with E-state index in [1.165, 1.54) is 21.9 Å². The molecule has 0 aromatic heterocycles. The number of hydrogen-bond acceptors (Lipinski definition) is 3. The lowest BCUT2D eigenvalue weighted by atomic mass is 9.87. The number of ether oxygens (including phenoxy) is 1. The van der Waals surface area contributed by atoms with Crippen LogP contribution < -0.4 is 5.32 Å². The molecule has 34 heavy (non-hydrogen) atoms. The van der Waals surface area contributed by atoms with E-state index in [2.05, 4.69) is 72.0 Å². The molecule has 176 valence electrons. The summed E-state index contributed by atoms with van der Waals surface area (Å²) >= 11 is 0. The summed E-state index contributed by atoms with van der Waals surface area (Å²) in [6, 6.07) is 33.6. The van der Waals surface area contributed by atoms with Crippen LogP contribution in [-0.4, -0.2) is 24.3 Å². The SMILES string of the molecule is Cl.OC(Cc1ccc(C2CCNCC2OCc2ccc3ccccc3c2)cc1)c1ccccc1. The molecule has 0 amide bonds. The highest BCUT2D eigenvalue weighted by molar-refractivity contribution is 5.85. The monoisotopic (exact) mass is 473 g/mol. The zero-order chi connectivity index (χ0) is 22.5. The van der Waals surface area contributed by atoms with Gasteiger partial charge in [-0.2, -0.15) is 0 Å². The number of nitrogens with one attached hydrogen (secondary N) is 1. The van der Waals surface area contributed by atoms with Gasteiger partial charge in [0.05, 0.1) is 18.8 Å². The number of rotatable bonds is 7. The molecule has 0 saturated carbocycles. The fraction of sp³-hybridized carbons (Fsp3) is 0.267. The maximum Gasteiger partial charge on any atom is 0.0830 e. The molecule has 4 aromatic rings. The minimum absolute atomic E-state index is 0. The number of piperidine rings is 1. The Morgan fingerprint density at radius 2 is 1.53 bits per heavy atom. The van der Waals surface area contributed by atoms with E-state index in [0.717, 1.165) is 30.6 Å². The van der Waals surface area contributed by atoms with Crippen molar-refractivity contribution in [3.63, 3.8) is 0 Å². The summed E-state index contributed by atoms with van der Waals surface area (Å²) in [6.07, 6.45) is 1.35. The van der Waals surface area contributed by atoms with Crippen LogP contribution in [0, 0.1) is 0 Å². The standard InChI is InChI=1S/C30H31NO2.ClH/c32-29(26-7-2-1-3-8-26)19-22-10-14-25(15-11-22)28-16-17-31-20-30(28)33-21-23-12-13-24-6-4-5-9-27(24)18-23;/h1-15,18,28-32H,16-17,19-21H2;1H. The molecule has 0 radical (unpaired) electrons. The summed E-state index contributed by atoms with van der Waals surface area (Å²) in [4.78, 5) is 0. The highest BCUT2D eigenvalue weighted by atomic mass is 35.5. The fourth-order valence-electron chi connectivity index (χ4n) is 4.84. The number of benzene rings is 4. The molecular weight excluding hydrogens is 442 g/mol. The van der Waals surface area contributed by atoms with Gasteiger partial charge in [0.2, 0.25) is 0 Å². The van der Waals surface area contributed by atoms with E-state index in [-0.39, 0.29) is 18.5 Å². The molecule has 0 bridgehead atoms. The first-order valence-corrected chi connectivity index (χ1v) is 11.9. The smallest absolute Gasteiger partial charge is 0.0830 e. The Balaban J connectivity index is 0.00000274. The summed E-state index contributed by atoms with van der Waals surface area (Å²) in [7, 11) is 0. The molecule has 1 aliphatic heterocycles. The summed E-state index contributed by atoms with van der Waals surface area (Å²) in [5, 5.41) is 16.6. The topological polar surface area (TPSA) is 41.5 Å². The van der Waals surface area contributed by atoms with Crippen LogP contribution in [0.15, 0.2) is 97.1 Å². The van der Waals surface area contributed by atoms with Crippen LogP contribution in [-0.2, 0) is 17.8 Å². The summed E-state index contributed by atoms with van der Waals surface area (Å²) < 4.78 is 6.44. The minimum Gasteiger partial charge on any atom is -0.388 e. The average Bonchev–Trinajstić information content (AvgIpc) is 2.88. The molecule has 1 heterocycles. The fourth-order valence-corrected chi connectivity index (χ4v) is 4.84. The molecular formula is C30H32ClNO2. The zero-order valence-corrected chi connectivity index (χ0v) is 20.1. The molecule has 0 spiro atoms. The quantitative estimate of drug-likeness (QED) is 0.335. The van der Waals surface area contributed by atoms with Crippen molar-refractivity contribution in [3.8, 4) is 0 Å². The van der Waals surface area contributed by atoms with Gasteiger partial charge in [-0.15, -0.1) is 12.4 Å². The van der Waals surface area contributed by atoms with E-state index >= 15 is 0 Å². The van der Waals surface area contributed by atoms with Crippen molar-refractivity contribution in [2.45, 2.75) is 37.6 Å². The van der Waals surface area contributed by atoms with Crippen molar-refractivity contribution in [3.05, 3.63) is 119 Å². The molecule has 1 aliphatic rings. The van der Waals surface area contributed by atoms with Gasteiger partial charge in [-0.25, -0.2) is 0 Å². The first-order chi connectivity index (χ1) is 16.3. The predicted octanol–water partition coefficient (Wildman–Crippen LogP) is 6.20. The normalized spacial score (nSPS) is 18.9. The summed E-state index contributed by atoms with van der Waals surface area (Å²) in [6.45, 7) is 2.50. The van der Waals surface area contributed by atoms with Crippen LogP contribution in [0.1, 0.15) is 40.7 Å². The number of aliphatic hydroxyl groups is 1. The van der Waals surface area contributed by atoms with Crippen LogP contribution in [0.2, 0.25) is 0 Å². The number of halogens is 1. The van der Waals surface area contributed by atoms with Gasteiger partial charge in [-0.05, 0) is 52.1 Å². The Hall–Kier alpha value is -2.69. The lowest BCUT2D eigenvalue weighted by Crippen LogP contribution is -2.40. The Kier molecular flexibility index (Phi) is 8.36. The summed E-state index contributed by atoms with van der Waals surface area (Å²) in [5.41, 5.74) is 4.64. The van der Waals surface area contributed by atoms with Crippen molar-refractivity contribution in [1.29, 1.82) is 0 Å². The first-order valence-electron chi connectivity index (χ1n) is 11.9. The maximum absolute atomic E-state index is 10.6. The molecule has 1 saturated heterocycles. The van der Waals surface area contributed by atoms with Crippen LogP contribution in [0.25, 0.3) is 10.8 Å². The number of hydrogen-bond donors (Lipinski definition) is 2. The zero-order valence-electron chi connectivity index (χ0n) is 19.3. The molecule has 1 fully saturated rings. The number of fused-ring (bicyclic) bond motifs is 1. The Morgan fingerprint density at radius 1 is 0.824 bits per heavy atom. The first kappa shape index (κ1) is 24.4. The van der Waals surface area contributed by atoms with Crippen molar-refractivity contribution < 1.29 is 9.84 Å². The van der Waals surface area contributed by atoms with Gasteiger partial charge < -0.3 is 15.2 Å². The van der Waals surface area contributed by atoms with Gasteiger partial charge >= 0.3 is 0 Å². The van der Waals surface area contributed by atoms with Gasteiger partial charge in [-0.3, -0.25) is 0 Å². The molecule has 3 nitrogen and oxygen atoms in total.